The van der Waals surface area contributed by atoms with Gasteiger partial charge in [0.1, 0.15) is 6.61 Å². The Hall–Kier alpha value is -1.43. The highest BCUT2D eigenvalue weighted by atomic mass is 16.5. The molecule has 0 aromatic rings. The van der Waals surface area contributed by atoms with Gasteiger partial charge in [-0.15, -0.1) is 0 Å². The van der Waals surface area contributed by atoms with Gasteiger partial charge in [0.2, 0.25) is 5.91 Å². The van der Waals surface area contributed by atoms with E-state index < -0.39 is 12.2 Å². The number of hydrogen-bond acceptors (Lipinski definition) is 4. The second-order valence-corrected chi connectivity index (χ2v) is 10.5. The summed E-state index contributed by atoms with van der Waals surface area (Å²) >= 11 is 0. The fourth-order valence-electron chi connectivity index (χ4n) is 6.90. The molecule has 2 saturated carbocycles. The SMILES string of the molecule is CCCNC(=O)CO[C@@H](C)C1=CCC2C3=CC=C4CC(O)CC(O)C4(C)C3CCC12C. The van der Waals surface area contributed by atoms with Crippen molar-refractivity contribution in [2.24, 2.45) is 22.7 Å². The Morgan fingerprint density at radius 3 is 2.81 bits per heavy atom. The molecule has 0 heterocycles. The molecule has 0 radical (unpaired) electrons. The van der Waals surface area contributed by atoms with Gasteiger partial charge in [-0.05, 0) is 61.9 Å². The minimum absolute atomic E-state index is 0.0302. The van der Waals surface area contributed by atoms with E-state index in [1.807, 2.05) is 6.92 Å². The zero-order valence-corrected chi connectivity index (χ0v) is 19.5. The van der Waals surface area contributed by atoms with Gasteiger partial charge in [0.25, 0.3) is 0 Å². The predicted molar refractivity (Wildman–Crippen MR) is 121 cm³/mol. The van der Waals surface area contributed by atoms with Crippen LogP contribution in [0.2, 0.25) is 0 Å². The maximum absolute atomic E-state index is 12.0. The third kappa shape index (κ3) is 3.73. The van der Waals surface area contributed by atoms with Crippen molar-refractivity contribution in [3.63, 3.8) is 0 Å². The first-order valence-corrected chi connectivity index (χ1v) is 12.1. The number of aliphatic hydroxyl groups excluding tert-OH is 2. The largest absolute Gasteiger partial charge is 0.393 e. The Bertz CT molecular complexity index is 814. The summed E-state index contributed by atoms with van der Waals surface area (Å²) in [7, 11) is 0. The Balaban J connectivity index is 1.51. The van der Waals surface area contributed by atoms with E-state index in [-0.39, 0.29) is 29.4 Å². The van der Waals surface area contributed by atoms with Gasteiger partial charge in [-0.1, -0.05) is 50.1 Å². The average molecular weight is 430 g/mol. The van der Waals surface area contributed by atoms with Crippen molar-refractivity contribution in [2.45, 2.75) is 84.5 Å². The number of allylic oxidation sites excluding steroid dienone is 4. The molecule has 1 amide bonds. The molecule has 172 valence electrons. The van der Waals surface area contributed by atoms with Crippen molar-refractivity contribution in [2.75, 3.05) is 13.2 Å². The van der Waals surface area contributed by atoms with E-state index in [0.717, 1.165) is 25.7 Å². The number of fused-ring (bicyclic) bond motifs is 5. The Morgan fingerprint density at radius 1 is 1.29 bits per heavy atom. The molecule has 5 heteroatoms. The van der Waals surface area contributed by atoms with E-state index in [0.29, 0.717) is 31.2 Å². The fourth-order valence-corrected chi connectivity index (χ4v) is 6.90. The number of ether oxygens (including phenoxy) is 1. The van der Waals surface area contributed by atoms with E-state index in [1.165, 1.54) is 16.7 Å². The molecule has 4 rings (SSSR count). The van der Waals surface area contributed by atoms with Crippen molar-refractivity contribution < 1.29 is 19.7 Å². The number of carbonyl (C=O) groups is 1. The van der Waals surface area contributed by atoms with Crippen LogP contribution >= 0.6 is 0 Å². The summed E-state index contributed by atoms with van der Waals surface area (Å²) in [5, 5.41) is 24.1. The number of carbonyl (C=O) groups excluding carboxylic acids is 1. The van der Waals surface area contributed by atoms with Gasteiger partial charge in [-0.3, -0.25) is 4.79 Å². The van der Waals surface area contributed by atoms with E-state index in [2.05, 4.69) is 44.3 Å². The lowest BCUT2D eigenvalue weighted by molar-refractivity contribution is -0.127. The van der Waals surface area contributed by atoms with Gasteiger partial charge in [-0.2, -0.15) is 0 Å². The van der Waals surface area contributed by atoms with Crippen molar-refractivity contribution in [3.05, 3.63) is 34.9 Å². The molecule has 4 aliphatic rings. The van der Waals surface area contributed by atoms with E-state index in [1.54, 1.807) is 0 Å². The molecule has 2 fully saturated rings. The van der Waals surface area contributed by atoms with Crippen LogP contribution in [0, 0.1) is 22.7 Å². The quantitative estimate of drug-likeness (QED) is 0.563. The monoisotopic (exact) mass is 429 g/mol. The van der Waals surface area contributed by atoms with E-state index in [9.17, 15) is 15.0 Å². The summed E-state index contributed by atoms with van der Waals surface area (Å²) in [6.45, 7) is 9.46. The Kier molecular flexibility index (Phi) is 6.23. The standard InChI is InChI=1S/C26H39NO4/c1-5-12-27-24(30)15-31-16(2)20-8-9-21-19-7-6-17-13-18(28)14-23(29)26(17,4)22(19)10-11-25(20,21)3/h6-8,16,18,21-23,28-29H,5,9-15H2,1-4H3,(H,27,30)/t16-,18?,21?,22?,23?,25?,26?/m0/s1. The molecule has 0 aliphatic heterocycles. The van der Waals surface area contributed by atoms with Gasteiger partial charge in [-0.25, -0.2) is 0 Å². The van der Waals surface area contributed by atoms with Crippen LogP contribution in [0.4, 0.5) is 0 Å². The highest BCUT2D eigenvalue weighted by Crippen LogP contribution is 2.64. The van der Waals surface area contributed by atoms with Crippen LogP contribution in [-0.2, 0) is 9.53 Å². The number of hydrogen-bond donors (Lipinski definition) is 3. The van der Waals surface area contributed by atoms with Crippen molar-refractivity contribution in [3.8, 4) is 0 Å². The topological polar surface area (TPSA) is 78.8 Å². The van der Waals surface area contributed by atoms with Crippen molar-refractivity contribution >= 4 is 5.91 Å². The van der Waals surface area contributed by atoms with Gasteiger partial charge < -0.3 is 20.3 Å². The maximum atomic E-state index is 12.0. The average Bonchev–Trinajstić information content (AvgIpc) is 3.09. The highest BCUT2D eigenvalue weighted by Gasteiger charge is 2.57. The summed E-state index contributed by atoms with van der Waals surface area (Å²) in [5.74, 6) is 0.693. The molecule has 0 aromatic carbocycles. The van der Waals surface area contributed by atoms with Crippen LogP contribution < -0.4 is 5.32 Å². The maximum Gasteiger partial charge on any atom is 0.246 e. The predicted octanol–water partition coefficient (Wildman–Crippen LogP) is 3.67. The zero-order valence-electron chi connectivity index (χ0n) is 19.5. The molecule has 0 aromatic heterocycles. The molecule has 3 N–H and O–H groups in total. The highest BCUT2D eigenvalue weighted by molar-refractivity contribution is 5.77. The lowest BCUT2D eigenvalue weighted by Gasteiger charge is -2.56. The first-order valence-electron chi connectivity index (χ1n) is 12.1. The number of nitrogens with one attached hydrogen (secondary N) is 1. The van der Waals surface area contributed by atoms with Crippen molar-refractivity contribution in [1.82, 2.24) is 5.32 Å². The minimum Gasteiger partial charge on any atom is -0.393 e. The summed E-state index contributed by atoms with van der Waals surface area (Å²) in [5.41, 5.74) is 3.74. The first kappa shape index (κ1) is 22.8. The summed E-state index contributed by atoms with van der Waals surface area (Å²) in [6, 6.07) is 0. The van der Waals surface area contributed by atoms with Crippen LogP contribution in [0.3, 0.4) is 0 Å². The fraction of sp³-hybridized carbons (Fsp3) is 0.731. The van der Waals surface area contributed by atoms with Crippen LogP contribution in [0.5, 0.6) is 0 Å². The van der Waals surface area contributed by atoms with Gasteiger partial charge in [0.05, 0.1) is 18.3 Å². The normalized spacial score (nSPS) is 40.0. The Morgan fingerprint density at radius 2 is 2.06 bits per heavy atom. The minimum atomic E-state index is -0.502. The van der Waals surface area contributed by atoms with Crippen LogP contribution in [0.15, 0.2) is 34.9 Å². The molecule has 0 saturated heterocycles. The summed E-state index contributed by atoms with van der Waals surface area (Å²) in [6.07, 6.45) is 10.9. The lowest BCUT2D eigenvalue weighted by atomic mass is 9.49. The number of aliphatic hydroxyl groups is 2. The molecular formula is C26H39NO4. The van der Waals surface area contributed by atoms with E-state index >= 15 is 0 Å². The van der Waals surface area contributed by atoms with E-state index in [4.69, 9.17) is 4.74 Å². The third-order valence-electron chi connectivity index (χ3n) is 8.77. The zero-order chi connectivity index (χ0) is 22.4. The molecule has 7 atom stereocenters. The summed E-state index contributed by atoms with van der Waals surface area (Å²) < 4.78 is 5.99. The molecule has 31 heavy (non-hydrogen) atoms. The second kappa shape index (κ2) is 8.49. The van der Waals surface area contributed by atoms with Crippen LogP contribution in [0.1, 0.15) is 66.2 Å². The van der Waals surface area contributed by atoms with Crippen LogP contribution in [-0.4, -0.2) is 47.6 Å². The molecular weight excluding hydrogens is 390 g/mol. The number of amides is 1. The van der Waals surface area contributed by atoms with Gasteiger partial charge >= 0.3 is 0 Å². The second-order valence-electron chi connectivity index (χ2n) is 10.5. The molecule has 4 aliphatic carbocycles. The first-order chi connectivity index (χ1) is 14.7. The Labute approximate surface area is 186 Å². The molecule has 5 nitrogen and oxygen atoms in total. The molecule has 0 spiro atoms. The van der Waals surface area contributed by atoms with Crippen molar-refractivity contribution in [1.29, 1.82) is 0 Å². The lowest BCUT2D eigenvalue weighted by Crippen LogP contribution is -2.52. The molecule has 6 unspecified atom stereocenters. The third-order valence-corrected chi connectivity index (χ3v) is 8.77. The molecule has 0 bridgehead atoms. The van der Waals surface area contributed by atoms with Gasteiger partial charge in [0.15, 0.2) is 0 Å². The number of rotatable bonds is 6. The van der Waals surface area contributed by atoms with Crippen LogP contribution in [0.25, 0.3) is 0 Å². The summed E-state index contributed by atoms with van der Waals surface area (Å²) in [4.78, 5) is 12.0. The van der Waals surface area contributed by atoms with Gasteiger partial charge in [0, 0.05) is 18.4 Å². The smallest absolute Gasteiger partial charge is 0.246 e.